The van der Waals surface area contributed by atoms with Gasteiger partial charge in [0.15, 0.2) is 0 Å². The van der Waals surface area contributed by atoms with Gasteiger partial charge in [-0.3, -0.25) is 0 Å². The number of halogens is 1. The Bertz CT molecular complexity index is 335. The van der Waals surface area contributed by atoms with E-state index in [2.05, 4.69) is 0 Å². The van der Waals surface area contributed by atoms with E-state index in [0.717, 1.165) is 0 Å². The van der Waals surface area contributed by atoms with Gasteiger partial charge in [0.05, 0.1) is 0 Å². The van der Waals surface area contributed by atoms with E-state index in [9.17, 15) is 14.9 Å². The van der Waals surface area contributed by atoms with E-state index in [1.165, 1.54) is 24.3 Å². The molecule has 0 aromatic heterocycles. The van der Waals surface area contributed by atoms with E-state index < -0.39 is 30.1 Å². The molecular weight excluding hydrogens is 289 g/mol. The van der Waals surface area contributed by atoms with Gasteiger partial charge in [-0.15, -0.1) is 0 Å². The molecule has 0 aliphatic rings. The number of hydrogen-bond donors (Lipinski definition) is 1. The summed E-state index contributed by atoms with van der Waals surface area (Å²) in [5.41, 5.74) is -0.0156. The van der Waals surface area contributed by atoms with E-state index >= 15 is 0 Å². The zero-order chi connectivity index (χ0) is 9.84. The molecule has 1 N–H and O–H groups in total. The normalized spacial score (nSPS) is 9.85. The second kappa shape index (κ2) is 4.17. The van der Waals surface area contributed by atoms with Gasteiger partial charge < -0.3 is 0 Å². The van der Waals surface area contributed by atoms with Crippen LogP contribution in [0, 0.1) is 13.7 Å². The van der Waals surface area contributed by atoms with Crippen molar-refractivity contribution in [3.63, 3.8) is 0 Å². The van der Waals surface area contributed by atoms with Gasteiger partial charge in [-0.25, -0.2) is 0 Å². The first-order chi connectivity index (χ1) is 6.09. The van der Waals surface area contributed by atoms with Gasteiger partial charge in [-0.1, -0.05) is 0 Å². The Balaban J connectivity index is 2.81. The predicted molar refractivity (Wildman–Crippen MR) is 39.8 cm³/mol. The molecule has 0 aliphatic carbocycles. The molecule has 5 nitrogen and oxygen atoms in total. The molecule has 70 valence electrons. The summed E-state index contributed by atoms with van der Waals surface area (Å²) in [4.78, 5) is 20.0. The molecule has 0 amide bonds. The van der Waals surface area contributed by atoms with Gasteiger partial charge in [-0.2, -0.15) is 0 Å². The van der Waals surface area contributed by atoms with Crippen LogP contribution in [0.3, 0.4) is 0 Å². The summed E-state index contributed by atoms with van der Waals surface area (Å²) in [6.07, 6.45) is 0. The van der Waals surface area contributed by atoms with E-state index in [-0.39, 0.29) is 5.69 Å². The van der Waals surface area contributed by atoms with Crippen molar-refractivity contribution in [2.45, 2.75) is 0 Å². The fourth-order valence-corrected chi connectivity index (χ4v) is 1.97. The molecule has 0 unspecified atom stereocenters. The molecule has 0 spiro atoms. The maximum atomic E-state index is 10.3. The van der Waals surface area contributed by atoms with Gasteiger partial charge in [-0.05, 0) is 0 Å². The van der Waals surface area contributed by atoms with Crippen molar-refractivity contribution in [1.82, 2.24) is 0 Å². The fraction of sp³-hybridized carbons (Fsp3) is 0. The number of rotatable bonds is 3. The van der Waals surface area contributed by atoms with Crippen LogP contribution >= 0.6 is 0 Å². The Kier molecular flexibility index (Phi) is 3.18. The Morgan fingerprint density at radius 2 is 1.92 bits per heavy atom. The monoisotopic (exact) mass is 294 g/mol. The Hall–Kier alpha value is -1.18. The van der Waals surface area contributed by atoms with Crippen molar-refractivity contribution in [1.29, 1.82) is 0 Å². The summed E-state index contributed by atoms with van der Waals surface area (Å²) in [7, 11) is 0. The van der Waals surface area contributed by atoms with Crippen LogP contribution in [0.4, 0.5) is 10.5 Å². The maximum absolute atomic E-state index is 10.3. The van der Waals surface area contributed by atoms with Crippen LogP contribution in [-0.2, 0) is 0 Å². The quantitative estimate of drug-likeness (QED) is 0.319. The van der Waals surface area contributed by atoms with Gasteiger partial charge >= 0.3 is 83.6 Å². The minimum atomic E-state index is -1.07. The third-order valence-electron chi connectivity index (χ3n) is 1.23. The van der Waals surface area contributed by atoms with Gasteiger partial charge in [0, 0.05) is 0 Å². The Labute approximate surface area is 83.8 Å². The molecule has 0 saturated carbocycles. The first-order valence-corrected chi connectivity index (χ1v) is 5.37. The number of nitrogens with zero attached hydrogens (tertiary/aromatic N) is 1. The van der Waals surface area contributed by atoms with Crippen LogP contribution in [0.15, 0.2) is 24.3 Å². The minimum absolute atomic E-state index is 0.0156. The number of benzene rings is 1. The third kappa shape index (κ3) is 2.98. The van der Waals surface area contributed by atoms with Crippen LogP contribution in [0.5, 0.6) is 0 Å². The van der Waals surface area contributed by atoms with Crippen molar-refractivity contribution in [2.24, 2.45) is 0 Å². The van der Waals surface area contributed by atoms with E-state index in [0.29, 0.717) is 3.57 Å². The first-order valence-electron chi connectivity index (χ1n) is 3.22. The summed E-state index contributed by atoms with van der Waals surface area (Å²) >= 11 is -1.07. The zero-order valence-electron chi connectivity index (χ0n) is 6.31. The molecule has 0 saturated heterocycles. The van der Waals surface area contributed by atoms with Crippen molar-refractivity contribution in [3.8, 4) is 0 Å². The molecule has 1 aromatic rings. The summed E-state index contributed by atoms with van der Waals surface area (Å²) < 4.78 is -0.176. The van der Waals surface area contributed by atoms with Gasteiger partial charge in [0.25, 0.3) is 0 Å². The SMILES string of the molecule is O=C(O)[I-]c1ccc([N+](=O)[O-])cc1. The molecule has 1 aromatic carbocycles. The molecule has 6 heteroatoms. The van der Waals surface area contributed by atoms with E-state index in [1.54, 1.807) is 0 Å². The van der Waals surface area contributed by atoms with Crippen LogP contribution < -0.4 is 21.2 Å². The molecule has 0 aliphatic heterocycles. The number of nitro groups is 1. The topological polar surface area (TPSA) is 80.4 Å². The van der Waals surface area contributed by atoms with Gasteiger partial charge in [0.2, 0.25) is 0 Å². The van der Waals surface area contributed by atoms with Crippen molar-refractivity contribution >= 4 is 9.66 Å². The summed E-state index contributed by atoms with van der Waals surface area (Å²) in [6, 6.07) is 5.61. The standard InChI is InChI=1S/C7H5INO4/c10-7(11)8-5-1-3-6(4-2-5)9(12)13/h1-4H,(H,10,11)/q-1. The molecule has 0 fully saturated rings. The number of hydrogen-bond acceptors (Lipinski definition) is 3. The van der Waals surface area contributed by atoms with Crippen LogP contribution in [0.2, 0.25) is 0 Å². The second-order valence-electron chi connectivity index (χ2n) is 2.08. The van der Waals surface area contributed by atoms with Crippen molar-refractivity contribution in [3.05, 3.63) is 37.9 Å². The Morgan fingerprint density at radius 3 is 2.31 bits per heavy atom. The average molecular weight is 294 g/mol. The van der Waals surface area contributed by atoms with E-state index in [1.807, 2.05) is 0 Å². The van der Waals surface area contributed by atoms with Gasteiger partial charge in [0.1, 0.15) is 0 Å². The average Bonchev–Trinajstić information content (AvgIpc) is 2.04. The molecule has 0 atom stereocenters. The number of non-ortho nitro benzene ring substituents is 1. The van der Waals surface area contributed by atoms with Crippen molar-refractivity contribution < 1.29 is 36.0 Å². The third-order valence-corrected chi connectivity index (χ3v) is 3.03. The summed E-state index contributed by atoms with van der Waals surface area (Å²) in [5.74, 6) is 0. The predicted octanol–water partition coefficient (Wildman–Crippen LogP) is -1.47. The molecule has 1 rings (SSSR count). The van der Waals surface area contributed by atoms with Crippen LogP contribution in [0.25, 0.3) is 0 Å². The molecule has 0 radical (unpaired) electrons. The fourth-order valence-electron chi connectivity index (χ4n) is 0.719. The molecule has 13 heavy (non-hydrogen) atoms. The van der Waals surface area contributed by atoms with Crippen LogP contribution in [0.1, 0.15) is 0 Å². The van der Waals surface area contributed by atoms with Crippen LogP contribution in [-0.4, -0.2) is 14.0 Å². The summed E-state index contributed by atoms with van der Waals surface area (Å²) in [5, 5.41) is 18.7. The zero-order valence-corrected chi connectivity index (χ0v) is 8.46. The Morgan fingerprint density at radius 1 is 1.38 bits per heavy atom. The van der Waals surface area contributed by atoms with Crippen molar-refractivity contribution in [2.75, 3.05) is 0 Å². The molecule has 0 heterocycles. The summed E-state index contributed by atoms with van der Waals surface area (Å²) in [6.45, 7) is 0. The number of carbonyl (C=O) groups is 1. The number of carboxylic acid groups (broad SMARTS) is 1. The number of nitro benzene ring substituents is 1. The first kappa shape index (κ1) is 9.90. The molecule has 0 bridgehead atoms. The van der Waals surface area contributed by atoms with E-state index in [4.69, 9.17) is 5.11 Å². The molecular formula is C7H5INO4-. The second-order valence-corrected chi connectivity index (χ2v) is 4.79.